The summed E-state index contributed by atoms with van der Waals surface area (Å²) in [6.07, 6.45) is 0. The zero-order chi connectivity index (χ0) is 13.0. The van der Waals surface area contributed by atoms with Gasteiger partial charge in [0, 0.05) is 26.3 Å². The van der Waals surface area contributed by atoms with Gasteiger partial charge in [-0.05, 0) is 30.3 Å². The maximum Gasteiger partial charge on any atom is 0.213 e. The molecule has 19 heavy (non-hydrogen) atoms. The van der Waals surface area contributed by atoms with Crippen molar-refractivity contribution in [1.82, 2.24) is 9.97 Å². The van der Waals surface area contributed by atoms with Crippen LogP contribution in [-0.4, -0.2) is 9.97 Å². The molecule has 0 saturated carbocycles. The summed E-state index contributed by atoms with van der Waals surface area (Å²) < 4.78 is 0.989. The number of aromatic nitrogens is 2. The van der Waals surface area contributed by atoms with Gasteiger partial charge in [0.25, 0.3) is 0 Å². The summed E-state index contributed by atoms with van der Waals surface area (Å²) in [5.41, 5.74) is 3.35. The van der Waals surface area contributed by atoms with Gasteiger partial charge in [-0.3, -0.25) is 4.79 Å². The highest BCUT2D eigenvalue weighted by molar-refractivity contribution is 9.10. The minimum atomic E-state index is 0.0386. The second-order valence-electron chi connectivity index (χ2n) is 4.56. The molecule has 4 rings (SSSR count). The van der Waals surface area contributed by atoms with Crippen LogP contribution in [0.2, 0.25) is 0 Å². The molecule has 2 N–H and O–H groups in total. The number of H-pyrrole nitrogens is 2. The van der Waals surface area contributed by atoms with E-state index < -0.39 is 0 Å². The van der Waals surface area contributed by atoms with E-state index in [1.54, 1.807) is 0 Å². The van der Waals surface area contributed by atoms with Crippen LogP contribution in [0.15, 0.2) is 51.7 Å². The zero-order valence-electron chi connectivity index (χ0n) is 9.83. The number of rotatable bonds is 0. The monoisotopic (exact) mass is 312 g/mol. The van der Waals surface area contributed by atoms with Crippen molar-refractivity contribution in [3.63, 3.8) is 0 Å². The Morgan fingerprint density at radius 3 is 2.53 bits per heavy atom. The lowest BCUT2D eigenvalue weighted by Crippen LogP contribution is -2.03. The average molecular weight is 313 g/mol. The molecule has 2 heterocycles. The van der Waals surface area contributed by atoms with Gasteiger partial charge in [0.15, 0.2) is 0 Å². The van der Waals surface area contributed by atoms with Gasteiger partial charge < -0.3 is 9.97 Å². The summed E-state index contributed by atoms with van der Waals surface area (Å²) in [6.45, 7) is 0. The van der Waals surface area contributed by atoms with E-state index in [1.807, 2.05) is 42.5 Å². The van der Waals surface area contributed by atoms with Crippen molar-refractivity contribution in [3.8, 4) is 0 Å². The van der Waals surface area contributed by atoms with Gasteiger partial charge in [0.05, 0.1) is 5.52 Å². The molecule has 0 unspecified atom stereocenters. The molecule has 0 spiro atoms. The Balaban J connectivity index is 2.32. The Bertz CT molecular complexity index is 997. The van der Waals surface area contributed by atoms with Gasteiger partial charge in [-0.1, -0.05) is 28.1 Å². The van der Waals surface area contributed by atoms with E-state index in [1.165, 1.54) is 0 Å². The summed E-state index contributed by atoms with van der Waals surface area (Å²) in [5, 5.41) is 1.74. The van der Waals surface area contributed by atoms with E-state index in [4.69, 9.17) is 0 Å². The van der Waals surface area contributed by atoms with Crippen molar-refractivity contribution in [2.45, 2.75) is 0 Å². The lowest BCUT2D eigenvalue weighted by atomic mass is 10.1. The van der Waals surface area contributed by atoms with Gasteiger partial charge in [-0.2, -0.15) is 0 Å². The molecule has 92 valence electrons. The topological polar surface area (TPSA) is 48.6 Å². The molecule has 0 amide bonds. The van der Waals surface area contributed by atoms with Crippen LogP contribution in [0.3, 0.4) is 0 Å². The SMILES string of the molecule is O=c1c2ccccc2[nH]c2c1[nH]c1cc(Br)ccc12. The second-order valence-corrected chi connectivity index (χ2v) is 5.48. The van der Waals surface area contributed by atoms with Crippen LogP contribution in [0, 0.1) is 0 Å². The third-order valence-corrected chi connectivity index (χ3v) is 3.91. The van der Waals surface area contributed by atoms with Crippen molar-refractivity contribution in [2.24, 2.45) is 0 Å². The molecule has 0 bridgehead atoms. The molecule has 0 aliphatic heterocycles. The fourth-order valence-electron chi connectivity index (χ4n) is 2.53. The molecular weight excluding hydrogens is 304 g/mol. The Morgan fingerprint density at radius 1 is 0.842 bits per heavy atom. The lowest BCUT2D eigenvalue weighted by Gasteiger charge is -1.98. The summed E-state index contributed by atoms with van der Waals surface area (Å²) in [6, 6.07) is 13.5. The van der Waals surface area contributed by atoms with Crippen molar-refractivity contribution < 1.29 is 0 Å². The van der Waals surface area contributed by atoms with E-state index >= 15 is 0 Å². The van der Waals surface area contributed by atoms with Crippen molar-refractivity contribution in [2.75, 3.05) is 0 Å². The third-order valence-electron chi connectivity index (χ3n) is 3.42. The van der Waals surface area contributed by atoms with E-state index in [0.717, 1.165) is 26.4 Å². The molecule has 2 aromatic heterocycles. The van der Waals surface area contributed by atoms with Crippen LogP contribution in [0.4, 0.5) is 0 Å². The van der Waals surface area contributed by atoms with Crippen molar-refractivity contribution in [3.05, 3.63) is 57.2 Å². The number of aromatic amines is 2. The summed E-state index contributed by atoms with van der Waals surface area (Å²) >= 11 is 3.44. The number of halogens is 1. The molecule has 0 radical (unpaired) electrons. The molecule has 0 aliphatic rings. The fraction of sp³-hybridized carbons (Fsp3) is 0. The maximum atomic E-state index is 12.5. The van der Waals surface area contributed by atoms with Gasteiger partial charge in [0.1, 0.15) is 5.52 Å². The Kier molecular flexibility index (Phi) is 2.11. The zero-order valence-corrected chi connectivity index (χ0v) is 11.4. The third kappa shape index (κ3) is 1.47. The first-order chi connectivity index (χ1) is 9.24. The number of pyridine rings is 1. The summed E-state index contributed by atoms with van der Waals surface area (Å²) in [4.78, 5) is 19.0. The van der Waals surface area contributed by atoms with Crippen LogP contribution in [-0.2, 0) is 0 Å². The first kappa shape index (κ1) is 10.8. The van der Waals surface area contributed by atoms with E-state index in [0.29, 0.717) is 10.9 Å². The van der Waals surface area contributed by atoms with Crippen LogP contribution < -0.4 is 5.43 Å². The Morgan fingerprint density at radius 2 is 1.63 bits per heavy atom. The van der Waals surface area contributed by atoms with Crippen molar-refractivity contribution in [1.29, 1.82) is 0 Å². The van der Waals surface area contributed by atoms with Gasteiger partial charge in [-0.25, -0.2) is 0 Å². The number of benzene rings is 2. The summed E-state index contributed by atoms with van der Waals surface area (Å²) in [5.74, 6) is 0. The maximum absolute atomic E-state index is 12.5. The number of para-hydroxylation sites is 1. The van der Waals surface area contributed by atoms with Crippen molar-refractivity contribution >= 4 is 48.8 Å². The molecule has 2 aromatic carbocycles. The highest BCUT2D eigenvalue weighted by atomic mass is 79.9. The van der Waals surface area contributed by atoms with E-state index in [2.05, 4.69) is 25.9 Å². The molecule has 0 aliphatic carbocycles. The molecule has 4 heteroatoms. The quantitative estimate of drug-likeness (QED) is 0.508. The molecule has 0 saturated heterocycles. The number of hydrogen-bond donors (Lipinski definition) is 2. The minimum absolute atomic E-state index is 0.0386. The Labute approximate surface area is 116 Å². The highest BCUT2D eigenvalue weighted by Crippen LogP contribution is 2.26. The van der Waals surface area contributed by atoms with Crippen LogP contribution in [0.1, 0.15) is 0 Å². The average Bonchev–Trinajstić information content (AvgIpc) is 2.77. The largest absolute Gasteiger partial charge is 0.353 e. The van der Waals surface area contributed by atoms with E-state index in [-0.39, 0.29) is 5.43 Å². The molecule has 4 aromatic rings. The van der Waals surface area contributed by atoms with Crippen LogP contribution >= 0.6 is 15.9 Å². The summed E-state index contributed by atoms with van der Waals surface area (Å²) in [7, 11) is 0. The van der Waals surface area contributed by atoms with Crippen LogP contribution in [0.5, 0.6) is 0 Å². The predicted octanol–water partition coefficient (Wildman–Crippen LogP) is 3.93. The number of nitrogens with one attached hydrogen (secondary N) is 2. The molecular formula is C15H9BrN2O. The van der Waals surface area contributed by atoms with Gasteiger partial charge in [0.2, 0.25) is 5.43 Å². The Hall–Kier alpha value is -2.07. The normalized spacial score (nSPS) is 11.6. The number of hydrogen-bond acceptors (Lipinski definition) is 1. The second kappa shape index (κ2) is 3.71. The predicted molar refractivity (Wildman–Crippen MR) is 81.6 cm³/mol. The van der Waals surface area contributed by atoms with Gasteiger partial charge in [-0.15, -0.1) is 0 Å². The smallest absolute Gasteiger partial charge is 0.213 e. The van der Waals surface area contributed by atoms with Crippen LogP contribution in [0.25, 0.3) is 32.8 Å². The lowest BCUT2D eigenvalue weighted by molar-refractivity contribution is 1.46. The van der Waals surface area contributed by atoms with E-state index in [9.17, 15) is 4.79 Å². The first-order valence-corrected chi connectivity index (χ1v) is 6.75. The van der Waals surface area contributed by atoms with Gasteiger partial charge >= 0.3 is 0 Å². The first-order valence-electron chi connectivity index (χ1n) is 5.96. The molecule has 0 atom stereocenters. The highest BCUT2D eigenvalue weighted by Gasteiger charge is 2.10. The fourth-order valence-corrected chi connectivity index (χ4v) is 2.89. The minimum Gasteiger partial charge on any atom is -0.353 e. The molecule has 3 nitrogen and oxygen atoms in total. The standard InChI is InChI=1S/C15H9BrN2O/c16-8-5-6-9-12(7-8)18-14-13(9)17-11-4-2-1-3-10(11)15(14)19/h1-7,18H,(H,17,19). The number of fused-ring (bicyclic) bond motifs is 4. The molecule has 0 fully saturated rings.